The van der Waals surface area contributed by atoms with Crippen LogP contribution in [-0.4, -0.2) is 46.7 Å². The van der Waals surface area contributed by atoms with E-state index in [4.69, 9.17) is 15.4 Å². The zero-order valence-corrected chi connectivity index (χ0v) is 15.3. The van der Waals surface area contributed by atoms with Gasteiger partial charge in [-0.3, -0.25) is 0 Å². The second kappa shape index (κ2) is 8.32. The topological polar surface area (TPSA) is 131 Å². The standard InChI is InChI=1S/C19H19N5O4/c1-2-28-18(25)17-16(22-23-20)11-15(21-17)14-5-3-12(4-6-14)13-7-9-24(10-8-13)19(26)27/h3-7,11,21H,2,8-10H2,1H3,(H,26,27). The lowest BCUT2D eigenvalue weighted by atomic mass is 9.98. The van der Waals surface area contributed by atoms with E-state index in [1.54, 1.807) is 13.0 Å². The van der Waals surface area contributed by atoms with Gasteiger partial charge in [0.1, 0.15) is 5.69 Å². The first-order valence-corrected chi connectivity index (χ1v) is 8.76. The van der Waals surface area contributed by atoms with Crippen molar-refractivity contribution in [3.63, 3.8) is 0 Å². The second-order valence-electron chi connectivity index (χ2n) is 6.14. The van der Waals surface area contributed by atoms with Gasteiger partial charge < -0.3 is 19.7 Å². The van der Waals surface area contributed by atoms with Crippen molar-refractivity contribution in [1.82, 2.24) is 9.88 Å². The van der Waals surface area contributed by atoms with Crippen LogP contribution in [-0.2, 0) is 4.74 Å². The quantitative estimate of drug-likeness (QED) is 0.340. The molecule has 9 heteroatoms. The Bertz CT molecular complexity index is 971. The van der Waals surface area contributed by atoms with Crippen LogP contribution in [0, 0.1) is 0 Å². The van der Waals surface area contributed by atoms with E-state index in [0.29, 0.717) is 25.2 Å². The van der Waals surface area contributed by atoms with Crippen molar-refractivity contribution in [2.45, 2.75) is 13.3 Å². The minimum Gasteiger partial charge on any atom is -0.465 e. The van der Waals surface area contributed by atoms with Crippen LogP contribution in [0.5, 0.6) is 0 Å². The van der Waals surface area contributed by atoms with Crippen LogP contribution in [0.15, 0.2) is 41.5 Å². The zero-order valence-electron chi connectivity index (χ0n) is 15.3. The van der Waals surface area contributed by atoms with E-state index in [9.17, 15) is 9.59 Å². The summed E-state index contributed by atoms with van der Waals surface area (Å²) in [5, 5.41) is 12.6. The first-order valence-electron chi connectivity index (χ1n) is 8.76. The highest BCUT2D eigenvalue weighted by Gasteiger charge is 2.18. The summed E-state index contributed by atoms with van der Waals surface area (Å²) in [5.41, 5.74) is 12.6. The molecule has 0 spiro atoms. The number of aromatic amines is 1. The van der Waals surface area contributed by atoms with Gasteiger partial charge in [-0.2, -0.15) is 0 Å². The van der Waals surface area contributed by atoms with Gasteiger partial charge in [0.15, 0.2) is 0 Å². The number of carboxylic acid groups (broad SMARTS) is 1. The number of ether oxygens (including phenoxy) is 1. The first kappa shape index (κ1) is 19.1. The molecule has 0 saturated heterocycles. The number of amides is 1. The largest absolute Gasteiger partial charge is 0.465 e. The van der Waals surface area contributed by atoms with Gasteiger partial charge in [0.05, 0.1) is 12.3 Å². The molecular formula is C19H19N5O4. The average Bonchev–Trinajstić information content (AvgIpc) is 3.13. The summed E-state index contributed by atoms with van der Waals surface area (Å²) in [6, 6.07) is 9.26. The van der Waals surface area contributed by atoms with Gasteiger partial charge in [-0.15, -0.1) is 0 Å². The fraction of sp³-hybridized carbons (Fsp3) is 0.263. The number of rotatable bonds is 5. The molecule has 1 aliphatic rings. The van der Waals surface area contributed by atoms with Crippen LogP contribution in [0.3, 0.4) is 0 Å². The molecule has 0 atom stereocenters. The van der Waals surface area contributed by atoms with Crippen LogP contribution in [0.1, 0.15) is 29.4 Å². The van der Waals surface area contributed by atoms with E-state index in [-0.39, 0.29) is 18.0 Å². The summed E-state index contributed by atoms with van der Waals surface area (Å²) in [7, 11) is 0. The van der Waals surface area contributed by atoms with Crippen molar-refractivity contribution >= 4 is 23.3 Å². The van der Waals surface area contributed by atoms with Gasteiger partial charge >= 0.3 is 12.1 Å². The fourth-order valence-electron chi connectivity index (χ4n) is 3.05. The molecule has 0 fully saturated rings. The second-order valence-corrected chi connectivity index (χ2v) is 6.14. The number of hydrogen-bond acceptors (Lipinski definition) is 4. The lowest BCUT2D eigenvalue weighted by Gasteiger charge is -2.23. The highest BCUT2D eigenvalue weighted by Crippen LogP contribution is 2.30. The van der Waals surface area contributed by atoms with E-state index < -0.39 is 12.1 Å². The highest BCUT2D eigenvalue weighted by atomic mass is 16.5. The molecule has 2 N–H and O–H groups in total. The SMILES string of the molecule is CCOC(=O)c1[nH]c(-c2ccc(C3=CCN(C(=O)O)CC3)cc2)cc1N=[N+]=[N-]. The number of nitrogens with one attached hydrogen (secondary N) is 1. The Kier molecular flexibility index (Phi) is 5.67. The van der Waals surface area contributed by atoms with E-state index in [0.717, 1.165) is 16.7 Å². The zero-order chi connectivity index (χ0) is 20.1. The van der Waals surface area contributed by atoms with E-state index in [1.807, 2.05) is 30.3 Å². The minimum absolute atomic E-state index is 0.113. The number of aromatic nitrogens is 1. The van der Waals surface area contributed by atoms with Gasteiger partial charge in [0, 0.05) is 23.7 Å². The van der Waals surface area contributed by atoms with Crippen LogP contribution in [0.4, 0.5) is 10.5 Å². The van der Waals surface area contributed by atoms with Gasteiger partial charge in [-0.25, -0.2) is 9.59 Å². The Balaban J connectivity index is 1.84. The van der Waals surface area contributed by atoms with Crippen molar-refractivity contribution in [2.24, 2.45) is 5.11 Å². The number of hydrogen-bond donors (Lipinski definition) is 2. The molecule has 3 rings (SSSR count). The normalized spacial score (nSPS) is 13.5. The Morgan fingerprint density at radius 3 is 2.61 bits per heavy atom. The molecule has 0 bridgehead atoms. The third-order valence-corrected chi connectivity index (χ3v) is 4.48. The molecule has 0 unspecified atom stereocenters. The van der Waals surface area contributed by atoms with Gasteiger partial charge in [-0.1, -0.05) is 35.5 Å². The molecule has 2 heterocycles. The van der Waals surface area contributed by atoms with E-state index in [1.165, 1.54) is 4.90 Å². The monoisotopic (exact) mass is 381 g/mol. The number of carbonyl (C=O) groups excluding carboxylic acids is 1. The molecular weight excluding hydrogens is 362 g/mol. The van der Waals surface area contributed by atoms with Crippen molar-refractivity contribution in [3.8, 4) is 11.3 Å². The van der Waals surface area contributed by atoms with Gasteiger partial charge in [0.25, 0.3) is 0 Å². The maximum absolute atomic E-state index is 12.0. The lowest BCUT2D eigenvalue weighted by molar-refractivity contribution is 0.0521. The molecule has 28 heavy (non-hydrogen) atoms. The summed E-state index contributed by atoms with van der Waals surface area (Å²) in [5.74, 6) is -0.580. The third kappa shape index (κ3) is 3.99. The number of esters is 1. The summed E-state index contributed by atoms with van der Waals surface area (Å²) in [6.07, 6.45) is 1.66. The summed E-state index contributed by atoms with van der Waals surface area (Å²) < 4.78 is 4.98. The van der Waals surface area contributed by atoms with Crippen molar-refractivity contribution < 1.29 is 19.4 Å². The number of azide groups is 1. The minimum atomic E-state index is -0.911. The van der Waals surface area contributed by atoms with Crippen molar-refractivity contribution in [3.05, 3.63) is 58.1 Å². The van der Waals surface area contributed by atoms with Crippen LogP contribution in [0.2, 0.25) is 0 Å². The molecule has 144 valence electrons. The molecule has 0 radical (unpaired) electrons. The molecule has 1 aliphatic heterocycles. The predicted octanol–water partition coefficient (Wildman–Crippen LogP) is 4.57. The summed E-state index contributed by atoms with van der Waals surface area (Å²) in [4.78, 5) is 30.1. The van der Waals surface area contributed by atoms with Crippen LogP contribution < -0.4 is 0 Å². The number of H-pyrrole nitrogens is 1. The molecule has 1 aromatic heterocycles. The van der Waals surface area contributed by atoms with Gasteiger partial charge in [-0.05, 0) is 41.6 Å². The fourth-order valence-corrected chi connectivity index (χ4v) is 3.05. The van der Waals surface area contributed by atoms with E-state index in [2.05, 4.69) is 15.0 Å². The lowest BCUT2D eigenvalue weighted by Crippen LogP contribution is -2.33. The molecule has 2 aromatic rings. The maximum Gasteiger partial charge on any atom is 0.407 e. The van der Waals surface area contributed by atoms with Crippen molar-refractivity contribution in [1.29, 1.82) is 0 Å². The predicted molar refractivity (Wildman–Crippen MR) is 103 cm³/mol. The molecule has 1 aromatic carbocycles. The molecule has 1 amide bonds. The maximum atomic E-state index is 12.0. The van der Waals surface area contributed by atoms with Gasteiger partial charge in [0.2, 0.25) is 0 Å². The highest BCUT2D eigenvalue weighted by molar-refractivity contribution is 5.94. The average molecular weight is 381 g/mol. The third-order valence-electron chi connectivity index (χ3n) is 4.48. The Hall–Kier alpha value is -3.71. The molecule has 0 saturated carbocycles. The number of carbonyl (C=O) groups is 2. The Labute approximate surface area is 160 Å². The number of benzene rings is 1. The molecule has 9 nitrogen and oxygen atoms in total. The Morgan fingerprint density at radius 1 is 1.32 bits per heavy atom. The first-order chi connectivity index (χ1) is 13.5. The van der Waals surface area contributed by atoms with Crippen LogP contribution >= 0.6 is 0 Å². The molecule has 0 aliphatic carbocycles. The van der Waals surface area contributed by atoms with E-state index >= 15 is 0 Å². The summed E-state index contributed by atoms with van der Waals surface area (Å²) in [6.45, 7) is 2.76. The summed E-state index contributed by atoms with van der Waals surface area (Å²) >= 11 is 0. The smallest absolute Gasteiger partial charge is 0.407 e. The van der Waals surface area contributed by atoms with Crippen molar-refractivity contribution in [2.75, 3.05) is 19.7 Å². The number of nitrogens with zero attached hydrogens (tertiary/aromatic N) is 4. The Morgan fingerprint density at radius 2 is 2.04 bits per heavy atom. The van der Waals surface area contributed by atoms with Crippen LogP contribution in [0.25, 0.3) is 27.3 Å².